The third-order valence-electron chi connectivity index (χ3n) is 3.86. The summed E-state index contributed by atoms with van der Waals surface area (Å²) < 4.78 is 0. The Kier molecular flexibility index (Phi) is 5.74. The van der Waals surface area contributed by atoms with Crippen LogP contribution >= 0.6 is 0 Å². The van der Waals surface area contributed by atoms with Gasteiger partial charge in [0.2, 0.25) is 0 Å². The Hall–Kier alpha value is -1.19. The summed E-state index contributed by atoms with van der Waals surface area (Å²) in [4.78, 5) is 7.08. The number of nitrogens with one attached hydrogen (secondary N) is 1. The molecular weight excluding hydrogens is 246 g/mol. The zero-order valence-electron chi connectivity index (χ0n) is 13.0. The highest BCUT2D eigenvalue weighted by molar-refractivity contribution is 5.09. The minimum Gasteiger partial charge on any atom is -0.308 e. The highest BCUT2D eigenvalue weighted by Gasteiger charge is 2.17. The van der Waals surface area contributed by atoms with Gasteiger partial charge in [0, 0.05) is 24.8 Å². The van der Waals surface area contributed by atoms with Gasteiger partial charge in [-0.05, 0) is 58.8 Å². The first-order valence-corrected chi connectivity index (χ1v) is 7.65. The molecule has 2 rings (SSSR count). The Morgan fingerprint density at radius 3 is 2.75 bits per heavy atom. The fourth-order valence-electron chi connectivity index (χ4n) is 2.58. The summed E-state index contributed by atoms with van der Waals surface area (Å²) in [7, 11) is 0. The first-order valence-electron chi connectivity index (χ1n) is 7.65. The van der Waals surface area contributed by atoms with Crippen LogP contribution in [0.15, 0.2) is 29.8 Å². The maximum Gasteiger partial charge on any atom is 0.0544 e. The van der Waals surface area contributed by atoms with Gasteiger partial charge in [-0.25, -0.2) is 0 Å². The normalized spacial score (nSPS) is 17.1. The average molecular weight is 273 g/mol. The monoisotopic (exact) mass is 273 g/mol. The van der Waals surface area contributed by atoms with Gasteiger partial charge in [-0.15, -0.1) is 0 Å². The van der Waals surface area contributed by atoms with Crippen molar-refractivity contribution in [2.24, 2.45) is 0 Å². The number of pyridine rings is 1. The molecule has 1 saturated heterocycles. The minimum atomic E-state index is 0.639. The molecule has 3 nitrogen and oxygen atoms in total. The van der Waals surface area contributed by atoms with E-state index in [0.29, 0.717) is 6.04 Å². The van der Waals surface area contributed by atoms with Gasteiger partial charge in [-0.2, -0.15) is 0 Å². The topological polar surface area (TPSA) is 28.2 Å². The number of allylic oxidation sites excluding steroid dienone is 1. The predicted octanol–water partition coefficient (Wildman–Crippen LogP) is 2.91. The molecule has 1 aromatic heterocycles. The summed E-state index contributed by atoms with van der Waals surface area (Å²) >= 11 is 0. The third-order valence-corrected chi connectivity index (χ3v) is 3.86. The molecule has 1 fully saturated rings. The number of hydrogen-bond acceptors (Lipinski definition) is 3. The molecule has 0 aliphatic carbocycles. The lowest BCUT2D eigenvalue weighted by Gasteiger charge is -2.31. The smallest absolute Gasteiger partial charge is 0.0544 e. The highest BCUT2D eigenvalue weighted by Crippen LogP contribution is 2.11. The van der Waals surface area contributed by atoms with Crippen molar-refractivity contribution in [2.75, 3.05) is 19.6 Å². The molecule has 0 saturated carbocycles. The average Bonchev–Trinajstić information content (AvgIpc) is 2.44. The van der Waals surface area contributed by atoms with E-state index in [-0.39, 0.29) is 0 Å². The molecule has 0 aromatic carbocycles. The molecule has 0 spiro atoms. The van der Waals surface area contributed by atoms with Crippen LogP contribution in [-0.4, -0.2) is 35.6 Å². The Balaban J connectivity index is 1.71. The number of rotatable bonds is 5. The number of piperidine rings is 1. The molecule has 0 unspecified atom stereocenters. The number of aryl methyl sites for hydroxylation is 1. The van der Waals surface area contributed by atoms with Crippen LogP contribution in [0.3, 0.4) is 0 Å². The van der Waals surface area contributed by atoms with E-state index in [1.165, 1.54) is 31.5 Å². The minimum absolute atomic E-state index is 0.639. The number of hydrogen-bond donors (Lipinski definition) is 1. The van der Waals surface area contributed by atoms with Crippen LogP contribution < -0.4 is 5.32 Å². The van der Waals surface area contributed by atoms with Gasteiger partial charge in [0.05, 0.1) is 5.69 Å². The van der Waals surface area contributed by atoms with Gasteiger partial charge in [0.25, 0.3) is 0 Å². The lowest BCUT2D eigenvalue weighted by atomic mass is 10.0. The van der Waals surface area contributed by atoms with Crippen molar-refractivity contribution in [1.82, 2.24) is 15.2 Å². The Labute approximate surface area is 123 Å². The molecule has 1 aromatic rings. The van der Waals surface area contributed by atoms with Crippen molar-refractivity contribution >= 4 is 0 Å². The second-order valence-corrected chi connectivity index (χ2v) is 6.01. The Morgan fingerprint density at radius 1 is 1.35 bits per heavy atom. The second-order valence-electron chi connectivity index (χ2n) is 6.01. The van der Waals surface area contributed by atoms with Gasteiger partial charge < -0.3 is 5.32 Å². The van der Waals surface area contributed by atoms with E-state index < -0.39 is 0 Å². The maximum atomic E-state index is 4.54. The Bertz CT molecular complexity index is 441. The predicted molar refractivity (Wildman–Crippen MR) is 84.7 cm³/mol. The number of aromatic nitrogens is 1. The van der Waals surface area contributed by atoms with Crippen molar-refractivity contribution in [1.29, 1.82) is 0 Å². The standard InChI is InChI=1S/C17H27N3/c1-14(2)7-10-20-11-8-16(9-12-20)18-13-17-6-4-5-15(3)19-17/h4-7,16,18H,8-13H2,1-3H3. The summed E-state index contributed by atoms with van der Waals surface area (Å²) in [6.45, 7) is 10.8. The van der Waals surface area contributed by atoms with Crippen molar-refractivity contribution in [3.8, 4) is 0 Å². The molecular formula is C17H27N3. The quantitative estimate of drug-likeness (QED) is 0.836. The van der Waals surface area contributed by atoms with Crippen molar-refractivity contribution < 1.29 is 0 Å². The van der Waals surface area contributed by atoms with Crippen LogP contribution in [0.1, 0.15) is 38.1 Å². The maximum absolute atomic E-state index is 4.54. The molecule has 1 aliphatic heterocycles. The summed E-state index contributed by atoms with van der Waals surface area (Å²) in [5.41, 5.74) is 3.66. The van der Waals surface area contributed by atoms with Gasteiger partial charge in [-0.1, -0.05) is 17.7 Å². The van der Waals surface area contributed by atoms with E-state index in [9.17, 15) is 0 Å². The highest BCUT2D eigenvalue weighted by atomic mass is 15.1. The largest absolute Gasteiger partial charge is 0.308 e. The zero-order chi connectivity index (χ0) is 14.4. The third kappa shape index (κ3) is 5.06. The van der Waals surface area contributed by atoms with E-state index in [2.05, 4.69) is 47.3 Å². The molecule has 0 bridgehead atoms. The van der Waals surface area contributed by atoms with E-state index in [1.54, 1.807) is 0 Å². The van der Waals surface area contributed by atoms with Gasteiger partial charge >= 0.3 is 0 Å². The molecule has 110 valence electrons. The molecule has 1 N–H and O–H groups in total. The van der Waals surface area contributed by atoms with Gasteiger partial charge in [0.15, 0.2) is 0 Å². The molecule has 2 heterocycles. The van der Waals surface area contributed by atoms with Crippen molar-refractivity contribution in [2.45, 2.75) is 46.2 Å². The summed E-state index contributed by atoms with van der Waals surface area (Å²) in [5.74, 6) is 0. The van der Waals surface area contributed by atoms with Crippen LogP contribution in [0.4, 0.5) is 0 Å². The van der Waals surface area contributed by atoms with Crippen molar-refractivity contribution in [3.05, 3.63) is 41.2 Å². The summed E-state index contributed by atoms with van der Waals surface area (Å²) in [6.07, 6.45) is 4.80. The van der Waals surface area contributed by atoms with Crippen LogP contribution in [0.25, 0.3) is 0 Å². The fourth-order valence-corrected chi connectivity index (χ4v) is 2.58. The number of nitrogens with zero attached hydrogens (tertiary/aromatic N) is 2. The molecule has 20 heavy (non-hydrogen) atoms. The number of likely N-dealkylation sites (tertiary alicyclic amines) is 1. The van der Waals surface area contributed by atoms with E-state index in [4.69, 9.17) is 0 Å². The van der Waals surface area contributed by atoms with E-state index in [1.807, 2.05) is 13.0 Å². The van der Waals surface area contributed by atoms with E-state index >= 15 is 0 Å². The van der Waals surface area contributed by atoms with Gasteiger partial charge in [-0.3, -0.25) is 9.88 Å². The second kappa shape index (κ2) is 7.55. The molecule has 1 aliphatic rings. The molecule has 3 heteroatoms. The van der Waals surface area contributed by atoms with Crippen LogP contribution in [0.2, 0.25) is 0 Å². The molecule has 0 amide bonds. The lowest BCUT2D eigenvalue weighted by molar-refractivity contribution is 0.214. The SMILES string of the molecule is CC(C)=CCN1CCC(NCc2cccc(C)n2)CC1. The van der Waals surface area contributed by atoms with Crippen LogP contribution in [0.5, 0.6) is 0 Å². The van der Waals surface area contributed by atoms with E-state index in [0.717, 1.165) is 24.5 Å². The zero-order valence-corrected chi connectivity index (χ0v) is 13.0. The lowest BCUT2D eigenvalue weighted by Crippen LogP contribution is -2.42. The summed E-state index contributed by atoms with van der Waals surface area (Å²) in [6, 6.07) is 6.87. The Morgan fingerprint density at radius 2 is 2.10 bits per heavy atom. The first-order chi connectivity index (χ1) is 9.63. The first kappa shape index (κ1) is 15.2. The van der Waals surface area contributed by atoms with Gasteiger partial charge in [0.1, 0.15) is 0 Å². The van der Waals surface area contributed by atoms with Crippen molar-refractivity contribution in [3.63, 3.8) is 0 Å². The fraction of sp³-hybridized carbons (Fsp3) is 0.588. The van der Waals surface area contributed by atoms with Crippen LogP contribution in [-0.2, 0) is 6.54 Å². The van der Waals surface area contributed by atoms with Crippen LogP contribution in [0, 0.1) is 6.92 Å². The molecule has 0 atom stereocenters. The molecule has 0 radical (unpaired) electrons. The summed E-state index contributed by atoms with van der Waals surface area (Å²) in [5, 5.41) is 3.65.